The number of hydrogen-bond donors (Lipinski definition) is 2. The zero-order valence-electron chi connectivity index (χ0n) is 9.99. The highest BCUT2D eigenvalue weighted by Crippen LogP contribution is 2.04. The summed E-state index contributed by atoms with van der Waals surface area (Å²) in [4.78, 5) is 0. The summed E-state index contributed by atoms with van der Waals surface area (Å²) in [6.07, 6.45) is 1.98. The summed E-state index contributed by atoms with van der Waals surface area (Å²) < 4.78 is 1.93. The molecule has 0 bridgehead atoms. The maximum atomic E-state index is 9.50. The van der Waals surface area contributed by atoms with Crippen molar-refractivity contribution in [2.24, 2.45) is 0 Å². The van der Waals surface area contributed by atoms with E-state index in [1.54, 1.807) is 13.8 Å². The van der Waals surface area contributed by atoms with Gasteiger partial charge in [-0.05, 0) is 33.8 Å². The van der Waals surface area contributed by atoms with E-state index in [4.69, 9.17) is 0 Å². The predicted molar refractivity (Wildman–Crippen MR) is 60.6 cm³/mol. The molecule has 4 heteroatoms. The third-order valence-electron chi connectivity index (χ3n) is 2.06. The minimum absolute atomic E-state index is 0.396. The fourth-order valence-corrected chi connectivity index (χ4v) is 1.26. The summed E-state index contributed by atoms with van der Waals surface area (Å²) in [5.74, 6) is 0. The minimum Gasteiger partial charge on any atom is -0.389 e. The first kappa shape index (κ1) is 12.2. The zero-order valence-corrected chi connectivity index (χ0v) is 9.99. The summed E-state index contributed by atoms with van der Waals surface area (Å²) in [7, 11) is 0. The van der Waals surface area contributed by atoms with Crippen molar-refractivity contribution in [2.75, 3.05) is 6.54 Å². The van der Waals surface area contributed by atoms with Gasteiger partial charge in [-0.1, -0.05) is 0 Å². The summed E-state index contributed by atoms with van der Waals surface area (Å²) in [6, 6.07) is 2.39. The molecule has 1 aromatic heterocycles. The van der Waals surface area contributed by atoms with Gasteiger partial charge in [-0.3, -0.25) is 4.68 Å². The van der Waals surface area contributed by atoms with Gasteiger partial charge in [-0.15, -0.1) is 0 Å². The van der Waals surface area contributed by atoms with E-state index in [2.05, 4.69) is 24.3 Å². The lowest BCUT2D eigenvalue weighted by molar-refractivity contribution is 0.0794. The van der Waals surface area contributed by atoms with E-state index in [1.807, 2.05) is 16.9 Å². The monoisotopic (exact) mass is 211 g/mol. The molecule has 0 unspecified atom stereocenters. The van der Waals surface area contributed by atoms with Crippen LogP contribution >= 0.6 is 0 Å². The van der Waals surface area contributed by atoms with E-state index in [-0.39, 0.29) is 0 Å². The number of nitrogens with one attached hydrogen (secondary N) is 1. The quantitative estimate of drug-likeness (QED) is 0.772. The van der Waals surface area contributed by atoms with Crippen molar-refractivity contribution >= 4 is 0 Å². The van der Waals surface area contributed by atoms with E-state index in [0.29, 0.717) is 19.1 Å². The Balaban J connectivity index is 2.38. The second-order valence-electron chi connectivity index (χ2n) is 4.80. The molecule has 0 amide bonds. The van der Waals surface area contributed by atoms with E-state index in [1.165, 1.54) is 0 Å². The van der Waals surface area contributed by atoms with Crippen LogP contribution in [0, 0.1) is 0 Å². The lowest BCUT2D eigenvalue weighted by atomic mass is 10.1. The van der Waals surface area contributed by atoms with Gasteiger partial charge in [0.25, 0.3) is 0 Å². The Morgan fingerprint density at radius 3 is 2.67 bits per heavy atom. The van der Waals surface area contributed by atoms with Crippen LogP contribution in [-0.2, 0) is 6.54 Å². The van der Waals surface area contributed by atoms with Crippen molar-refractivity contribution < 1.29 is 5.11 Å². The average Bonchev–Trinajstić information content (AvgIpc) is 2.50. The highest BCUT2D eigenvalue weighted by Gasteiger charge is 2.11. The molecule has 0 atom stereocenters. The van der Waals surface area contributed by atoms with Gasteiger partial charge in [0.15, 0.2) is 0 Å². The van der Waals surface area contributed by atoms with Crippen LogP contribution in [-0.4, -0.2) is 27.0 Å². The third kappa shape index (κ3) is 4.44. The Labute approximate surface area is 91.3 Å². The molecule has 0 spiro atoms. The second kappa shape index (κ2) is 4.77. The van der Waals surface area contributed by atoms with Crippen LogP contribution in [0.5, 0.6) is 0 Å². The van der Waals surface area contributed by atoms with Gasteiger partial charge in [0.2, 0.25) is 0 Å². The van der Waals surface area contributed by atoms with Crippen LogP contribution in [0.3, 0.4) is 0 Å². The highest BCUT2D eigenvalue weighted by molar-refractivity contribution is 4.99. The number of aromatic nitrogens is 2. The summed E-state index contributed by atoms with van der Waals surface area (Å²) in [5, 5.41) is 17.1. The topological polar surface area (TPSA) is 50.1 Å². The minimum atomic E-state index is -0.666. The van der Waals surface area contributed by atoms with E-state index in [0.717, 1.165) is 5.69 Å². The van der Waals surface area contributed by atoms with Crippen LogP contribution in [0.2, 0.25) is 0 Å². The molecular weight excluding hydrogens is 190 g/mol. The number of aliphatic hydroxyl groups is 1. The summed E-state index contributed by atoms with van der Waals surface area (Å²) >= 11 is 0. The second-order valence-corrected chi connectivity index (χ2v) is 4.80. The first-order valence-corrected chi connectivity index (χ1v) is 5.35. The molecule has 4 nitrogen and oxygen atoms in total. The predicted octanol–water partition coefficient (Wildman–Crippen LogP) is 1.32. The van der Waals surface area contributed by atoms with E-state index in [9.17, 15) is 5.11 Å². The molecule has 2 N–H and O–H groups in total. The van der Waals surface area contributed by atoms with Crippen LogP contribution < -0.4 is 5.32 Å². The van der Waals surface area contributed by atoms with Crippen LogP contribution in [0.4, 0.5) is 0 Å². The molecular formula is C11H21N3O. The Bertz CT molecular complexity index is 299. The van der Waals surface area contributed by atoms with Gasteiger partial charge in [0.05, 0.1) is 11.3 Å². The standard InChI is InChI=1S/C11H21N3O/c1-9(2)14-6-5-10(13-14)7-12-8-11(3,4)15/h5-6,9,12,15H,7-8H2,1-4H3. The van der Waals surface area contributed by atoms with Gasteiger partial charge in [-0.25, -0.2) is 0 Å². The van der Waals surface area contributed by atoms with Gasteiger partial charge in [-0.2, -0.15) is 5.10 Å². The van der Waals surface area contributed by atoms with Crippen molar-refractivity contribution in [3.8, 4) is 0 Å². The average molecular weight is 211 g/mol. The van der Waals surface area contributed by atoms with Crippen molar-refractivity contribution in [1.82, 2.24) is 15.1 Å². The van der Waals surface area contributed by atoms with Gasteiger partial charge < -0.3 is 10.4 Å². The normalized spacial score (nSPS) is 12.4. The molecule has 1 aromatic rings. The van der Waals surface area contributed by atoms with Crippen molar-refractivity contribution in [3.63, 3.8) is 0 Å². The summed E-state index contributed by atoms with van der Waals surface area (Å²) in [5.41, 5.74) is 0.341. The van der Waals surface area contributed by atoms with Crippen molar-refractivity contribution in [2.45, 2.75) is 45.9 Å². The summed E-state index contributed by atoms with van der Waals surface area (Å²) in [6.45, 7) is 9.03. The Kier molecular flexibility index (Phi) is 3.88. The van der Waals surface area contributed by atoms with Crippen LogP contribution in [0.1, 0.15) is 39.4 Å². The van der Waals surface area contributed by atoms with Crippen molar-refractivity contribution in [1.29, 1.82) is 0 Å². The van der Waals surface area contributed by atoms with Crippen molar-refractivity contribution in [3.05, 3.63) is 18.0 Å². The number of hydrogen-bond acceptors (Lipinski definition) is 3. The van der Waals surface area contributed by atoms with Gasteiger partial charge in [0, 0.05) is 25.3 Å². The molecule has 0 fully saturated rings. The van der Waals surface area contributed by atoms with Gasteiger partial charge in [0.1, 0.15) is 0 Å². The molecule has 0 aromatic carbocycles. The lowest BCUT2D eigenvalue weighted by Crippen LogP contribution is -2.34. The fraction of sp³-hybridized carbons (Fsp3) is 0.727. The molecule has 0 aliphatic heterocycles. The Hall–Kier alpha value is -0.870. The van der Waals surface area contributed by atoms with Crippen LogP contribution in [0.25, 0.3) is 0 Å². The number of nitrogens with zero attached hydrogens (tertiary/aromatic N) is 2. The molecule has 0 saturated carbocycles. The Morgan fingerprint density at radius 2 is 2.20 bits per heavy atom. The molecule has 1 heterocycles. The lowest BCUT2D eigenvalue weighted by Gasteiger charge is -2.17. The Morgan fingerprint density at radius 1 is 1.53 bits per heavy atom. The molecule has 0 aliphatic carbocycles. The largest absolute Gasteiger partial charge is 0.389 e. The maximum Gasteiger partial charge on any atom is 0.0762 e. The zero-order chi connectivity index (χ0) is 11.5. The SMILES string of the molecule is CC(C)n1ccc(CNCC(C)(C)O)n1. The van der Waals surface area contributed by atoms with Gasteiger partial charge >= 0.3 is 0 Å². The first-order chi connectivity index (χ1) is 6.88. The first-order valence-electron chi connectivity index (χ1n) is 5.35. The molecule has 86 valence electrons. The third-order valence-corrected chi connectivity index (χ3v) is 2.06. The fourth-order valence-electron chi connectivity index (χ4n) is 1.26. The van der Waals surface area contributed by atoms with E-state index < -0.39 is 5.60 Å². The van der Waals surface area contributed by atoms with Crippen LogP contribution in [0.15, 0.2) is 12.3 Å². The van der Waals surface area contributed by atoms with E-state index >= 15 is 0 Å². The molecule has 0 radical (unpaired) electrons. The number of rotatable bonds is 5. The molecule has 0 aliphatic rings. The molecule has 0 saturated heterocycles. The maximum absolute atomic E-state index is 9.50. The highest BCUT2D eigenvalue weighted by atomic mass is 16.3. The molecule has 15 heavy (non-hydrogen) atoms. The smallest absolute Gasteiger partial charge is 0.0762 e. The molecule has 1 rings (SSSR count).